The lowest BCUT2D eigenvalue weighted by atomic mass is 9.67. The highest BCUT2D eigenvalue weighted by Crippen LogP contribution is 2.62. The third kappa shape index (κ3) is 2.85. The normalized spacial score (nSPS) is 14.1. The Morgan fingerprint density at radius 1 is 0.525 bits per heavy atom. The number of nitrogens with one attached hydrogen (secondary N) is 1. The van der Waals surface area contributed by atoms with Crippen LogP contribution in [0, 0.1) is 0 Å². The minimum atomic E-state index is -0.346. The zero-order valence-corrected chi connectivity index (χ0v) is 22.3. The van der Waals surface area contributed by atoms with E-state index in [4.69, 9.17) is 4.42 Å². The van der Waals surface area contributed by atoms with Crippen molar-refractivity contribution in [1.29, 1.82) is 0 Å². The molecule has 0 bridgehead atoms. The maximum absolute atomic E-state index is 6.30. The molecule has 7 aromatic rings. The van der Waals surface area contributed by atoms with Crippen molar-refractivity contribution in [3.8, 4) is 11.1 Å². The van der Waals surface area contributed by atoms with E-state index >= 15 is 0 Å². The van der Waals surface area contributed by atoms with Crippen molar-refractivity contribution in [1.82, 2.24) is 0 Å². The Bertz CT molecular complexity index is 2090. The van der Waals surface area contributed by atoms with Crippen molar-refractivity contribution >= 4 is 45.1 Å². The van der Waals surface area contributed by atoms with Crippen molar-refractivity contribution in [3.63, 3.8) is 0 Å². The molecule has 1 spiro atoms. The van der Waals surface area contributed by atoms with Crippen LogP contribution >= 0.6 is 11.8 Å². The van der Waals surface area contributed by atoms with Crippen LogP contribution < -0.4 is 5.32 Å². The summed E-state index contributed by atoms with van der Waals surface area (Å²) < 4.78 is 6.30. The van der Waals surface area contributed by atoms with E-state index in [1.54, 1.807) is 0 Å². The van der Waals surface area contributed by atoms with Crippen LogP contribution in [-0.2, 0) is 5.41 Å². The first-order valence-corrected chi connectivity index (χ1v) is 14.4. The second kappa shape index (κ2) is 8.14. The van der Waals surface area contributed by atoms with Gasteiger partial charge in [0.1, 0.15) is 5.58 Å². The maximum Gasteiger partial charge on any atom is 0.158 e. The van der Waals surface area contributed by atoms with Crippen LogP contribution in [-0.4, -0.2) is 0 Å². The Hall–Kier alpha value is -4.73. The third-order valence-corrected chi connectivity index (χ3v) is 9.67. The van der Waals surface area contributed by atoms with Gasteiger partial charge < -0.3 is 9.73 Å². The second-order valence-electron chi connectivity index (χ2n) is 10.6. The van der Waals surface area contributed by atoms with Gasteiger partial charge in [0, 0.05) is 26.3 Å². The van der Waals surface area contributed by atoms with Gasteiger partial charge in [-0.25, -0.2) is 0 Å². The van der Waals surface area contributed by atoms with Crippen molar-refractivity contribution in [2.24, 2.45) is 0 Å². The summed E-state index contributed by atoms with van der Waals surface area (Å²) in [5, 5.41) is 5.96. The SMILES string of the molecule is c1ccc2c(c1)Sc1cc(Nc3cccc4c3oc3ccccc34)ccc1C21c2ccccc2-c2ccccc21. The lowest BCUT2D eigenvalue weighted by Gasteiger charge is -2.39. The highest BCUT2D eigenvalue weighted by atomic mass is 32.2. The van der Waals surface area contributed by atoms with Crippen molar-refractivity contribution in [2.75, 3.05) is 5.32 Å². The Kier molecular flexibility index (Phi) is 4.50. The zero-order chi connectivity index (χ0) is 26.3. The molecular formula is C37H23NOS. The molecule has 1 aliphatic heterocycles. The van der Waals surface area contributed by atoms with Crippen LogP contribution in [0.3, 0.4) is 0 Å². The molecule has 3 heteroatoms. The summed E-state index contributed by atoms with van der Waals surface area (Å²) in [7, 11) is 0. The molecule has 1 N–H and O–H groups in total. The van der Waals surface area contributed by atoms with Gasteiger partial charge in [-0.15, -0.1) is 0 Å². The average molecular weight is 530 g/mol. The highest BCUT2D eigenvalue weighted by Gasteiger charge is 2.49. The molecule has 6 aromatic carbocycles. The summed E-state index contributed by atoms with van der Waals surface area (Å²) in [6.07, 6.45) is 0. The Morgan fingerprint density at radius 2 is 1.18 bits per heavy atom. The lowest BCUT2D eigenvalue weighted by molar-refractivity contribution is 0.670. The summed E-state index contributed by atoms with van der Waals surface area (Å²) in [6, 6.07) is 48.2. The van der Waals surface area contributed by atoms with E-state index in [1.165, 1.54) is 43.2 Å². The molecule has 1 aromatic heterocycles. The molecule has 0 saturated heterocycles. The summed E-state index contributed by atoms with van der Waals surface area (Å²) in [5.74, 6) is 0. The van der Waals surface area contributed by atoms with Gasteiger partial charge in [0.15, 0.2) is 5.58 Å². The van der Waals surface area contributed by atoms with Crippen LogP contribution in [0.5, 0.6) is 0 Å². The number of furan rings is 1. The van der Waals surface area contributed by atoms with Crippen LogP contribution in [0.25, 0.3) is 33.1 Å². The number of benzene rings is 6. The summed E-state index contributed by atoms with van der Waals surface area (Å²) in [5.41, 5.74) is 11.5. The molecule has 0 amide bonds. The topological polar surface area (TPSA) is 25.2 Å². The van der Waals surface area contributed by atoms with Crippen molar-refractivity contribution in [2.45, 2.75) is 15.2 Å². The number of rotatable bonds is 2. The van der Waals surface area contributed by atoms with E-state index in [9.17, 15) is 0 Å². The molecule has 40 heavy (non-hydrogen) atoms. The zero-order valence-electron chi connectivity index (χ0n) is 21.5. The highest BCUT2D eigenvalue weighted by molar-refractivity contribution is 7.99. The van der Waals surface area contributed by atoms with Crippen molar-refractivity contribution < 1.29 is 4.42 Å². The molecule has 0 unspecified atom stereocenters. The molecule has 0 radical (unpaired) electrons. The first kappa shape index (κ1) is 22.1. The number of anilines is 2. The van der Waals surface area contributed by atoms with E-state index in [0.29, 0.717) is 0 Å². The molecule has 188 valence electrons. The van der Waals surface area contributed by atoms with Crippen LogP contribution in [0.15, 0.2) is 148 Å². The fraction of sp³-hybridized carbons (Fsp3) is 0.0270. The number of hydrogen-bond donors (Lipinski definition) is 1. The Labute approximate surface area is 236 Å². The molecule has 2 heterocycles. The summed E-state index contributed by atoms with van der Waals surface area (Å²) in [4.78, 5) is 2.57. The van der Waals surface area contributed by atoms with Crippen molar-refractivity contribution in [3.05, 3.63) is 156 Å². The monoisotopic (exact) mass is 529 g/mol. The molecule has 2 aliphatic rings. The van der Waals surface area contributed by atoms with Crippen LogP contribution in [0.4, 0.5) is 11.4 Å². The molecule has 1 aliphatic carbocycles. The Morgan fingerprint density at radius 3 is 2.00 bits per heavy atom. The fourth-order valence-electron chi connectivity index (χ4n) is 6.94. The first-order chi connectivity index (χ1) is 19.8. The van der Waals surface area contributed by atoms with E-state index in [0.717, 1.165) is 33.3 Å². The lowest BCUT2D eigenvalue weighted by Crippen LogP contribution is -2.31. The average Bonchev–Trinajstić information content (AvgIpc) is 3.53. The Balaban J connectivity index is 1.25. The standard InChI is InChI=1S/C37H23NOS/c1-4-14-28-24(10-1)25-11-2-5-15-29(25)37(28)30-16-6-8-19-34(30)40-35-22-23(20-21-31(35)37)38-32-17-9-13-27-26-12-3-7-18-33(26)39-36(27)32/h1-22,38H. The van der Waals surface area contributed by atoms with Crippen LogP contribution in [0.2, 0.25) is 0 Å². The maximum atomic E-state index is 6.30. The summed E-state index contributed by atoms with van der Waals surface area (Å²) in [6.45, 7) is 0. The quantitative estimate of drug-likeness (QED) is 0.241. The minimum Gasteiger partial charge on any atom is -0.454 e. The first-order valence-electron chi connectivity index (χ1n) is 13.6. The summed E-state index contributed by atoms with van der Waals surface area (Å²) >= 11 is 1.86. The van der Waals surface area contributed by atoms with Gasteiger partial charge in [-0.3, -0.25) is 0 Å². The van der Waals surface area contributed by atoms with Gasteiger partial charge in [0.05, 0.1) is 11.1 Å². The van der Waals surface area contributed by atoms with E-state index < -0.39 is 0 Å². The number of para-hydroxylation sites is 2. The van der Waals surface area contributed by atoms with Gasteiger partial charge in [-0.05, 0) is 63.7 Å². The van der Waals surface area contributed by atoms with Gasteiger partial charge in [0.25, 0.3) is 0 Å². The fourth-order valence-corrected chi connectivity index (χ4v) is 8.17. The molecular weight excluding hydrogens is 506 g/mol. The van der Waals surface area contributed by atoms with Gasteiger partial charge in [0.2, 0.25) is 0 Å². The molecule has 0 fully saturated rings. The van der Waals surface area contributed by atoms with E-state index in [1.807, 2.05) is 23.9 Å². The molecule has 2 nitrogen and oxygen atoms in total. The second-order valence-corrected chi connectivity index (χ2v) is 11.6. The van der Waals surface area contributed by atoms with E-state index in [2.05, 4.69) is 127 Å². The number of hydrogen-bond acceptors (Lipinski definition) is 3. The predicted octanol–water partition coefficient (Wildman–Crippen LogP) is 10.2. The van der Waals surface area contributed by atoms with Crippen LogP contribution in [0.1, 0.15) is 22.3 Å². The molecule has 0 atom stereocenters. The van der Waals surface area contributed by atoms with Gasteiger partial charge in [-0.1, -0.05) is 115 Å². The predicted molar refractivity (Wildman–Crippen MR) is 165 cm³/mol. The minimum absolute atomic E-state index is 0.346. The smallest absolute Gasteiger partial charge is 0.158 e. The van der Waals surface area contributed by atoms with Gasteiger partial charge in [-0.2, -0.15) is 0 Å². The van der Waals surface area contributed by atoms with Gasteiger partial charge >= 0.3 is 0 Å². The molecule has 0 saturated carbocycles. The number of fused-ring (bicyclic) bond motifs is 12. The molecule has 9 rings (SSSR count). The third-order valence-electron chi connectivity index (χ3n) is 8.53. The van der Waals surface area contributed by atoms with E-state index in [-0.39, 0.29) is 5.41 Å². The largest absolute Gasteiger partial charge is 0.454 e.